The SMILES string of the molecule is CCCn1ccnc1CC(=O)C(C)(CC)N(C)C. The van der Waals surface area contributed by atoms with E-state index in [1.807, 2.05) is 32.1 Å². The Bertz CT molecular complexity index is 397. The second kappa shape index (κ2) is 6.14. The van der Waals surface area contributed by atoms with Crippen molar-refractivity contribution >= 4 is 5.78 Å². The lowest BCUT2D eigenvalue weighted by atomic mass is 9.90. The summed E-state index contributed by atoms with van der Waals surface area (Å²) in [6.45, 7) is 7.11. The normalized spacial score (nSPS) is 14.8. The summed E-state index contributed by atoms with van der Waals surface area (Å²) < 4.78 is 2.07. The van der Waals surface area contributed by atoms with Gasteiger partial charge in [0.25, 0.3) is 0 Å². The molecular formula is C14H25N3O. The number of rotatable bonds is 7. The summed E-state index contributed by atoms with van der Waals surface area (Å²) in [5, 5.41) is 0. The summed E-state index contributed by atoms with van der Waals surface area (Å²) in [5.74, 6) is 1.11. The molecule has 0 saturated heterocycles. The third kappa shape index (κ3) is 2.99. The molecule has 0 N–H and O–H groups in total. The zero-order valence-electron chi connectivity index (χ0n) is 12.2. The average molecular weight is 251 g/mol. The molecule has 1 aromatic rings. The molecule has 0 saturated carbocycles. The van der Waals surface area contributed by atoms with Crippen molar-refractivity contribution in [1.82, 2.24) is 14.5 Å². The third-order valence-electron chi connectivity index (χ3n) is 3.86. The Labute approximate surface area is 110 Å². The van der Waals surface area contributed by atoms with E-state index in [2.05, 4.69) is 23.4 Å². The number of nitrogens with zero attached hydrogens (tertiary/aromatic N) is 3. The van der Waals surface area contributed by atoms with Crippen LogP contribution in [-0.2, 0) is 17.8 Å². The molecule has 1 unspecified atom stereocenters. The Morgan fingerprint density at radius 3 is 2.61 bits per heavy atom. The van der Waals surface area contributed by atoms with Gasteiger partial charge in [-0.25, -0.2) is 4.98 Å². The van der Waals surface area contributed by atoms with Crippen LogP contribution >= 0.6 is 0 Å². The largest absolute Gasteiger partial charge is 0.335 e. The minimum atomic E-state index is -0.400. The number of carbonyl (C=O) groups is 1. The Morgan fingerprint density at radius 2 is 2.11 bits per heavy atom. The first-order valence-electron chi connectivity index (χ1n) is 6.66. The molecule has 0 spiro atoms. The van der Waals surface area contributed by atoms with Gasteiger partial charge in [-0.15, -0.1) is 0 Å². The Kier molecular flexibility index (Phi) is 5.08. The number of aryl methyl sites for hydroxylation is 1. The second-order valence-electron chi connectivity index (χ2n) is 5.16. The molecule has 0 aliphatic carbocycles. The highest BCUT2D eigenvalue weighted by molar-refractivity contribution is 5.89. The standard InChI is InChI=1S/C14H25N3O/c1-6-9-17-10-8-15-13(17)11-12(18)14(3,7-2)16(4)5/h8,10H,6-7,9,11H2,1-5H3. The van der Waals surface area contributed by atoms with Crippen molar-refractivity contribution < 1.29 is 4.79 Å². The van der Waals surface area contributed by atoms with Gasteiger partial charge in [0.2, 0.25) is 0 Å². The van der Waals surface area contributed by atoms with Gasteiger partial charge in [-0.3, -0.25) is 9.69 Å². The van der Waals surface area contributed by atoms with E-state index in [9.17, 15) is 4.79 Å². The summed E-state index contributed by atoms with van der Waals surface area (Å²) in [7, 11) is 3.92. The minimum Gasteiger partial charge on any atom is -0.335 e. The lowest BCUT2D eigenvalue weighted by Gasteiger charge is -2.34. The molecule has 4 nitrogen and oxygen atoms in total. The fourth-order valence-corrected chi connectivity index (χ4v) is 2.05. The molecule has 1 rings (SSSR count). The van der Waals surface area contributed by atoms with Crippen LogP contribution in [0.15, 0.2) is 12.4 Å². The third-order valence-corrected chi connectivity index (χ3v) is 3.86. The highest BCUT2D eigenvalue weighted by atomic mass is 16.1. The molecule has 102 valence electrons. The van der Waals surface area contributed by atoms with Gasteiger partial charge in [-0.1, -0.05) is 13.8 Å². The molecule has 0 radical (unpaired) electrons. The van der Waals surface area contributed by atoms with Crippen molar-refractivity contribution in [2.75, 3.05) is 14.1 Å². The van der Waals surface area contributed by atoms with E-state index in [1.54, 1.807) is 6.20 Å². The van der Waals surface area contributed by atoms with E-state index >= 15 is 0 Å². The maximum atomic E-state index is 12.5. The van der Waals surface area contributed by atoms with E-state index < -0.39 is 5.54 Å². The summed E-state index contributed by atoms with van der Waals surface area (Å²) in [5.41, 5.74) is -0.400. The predicted octanol–water partition coefficient (Wildman–Crippen LogP) is 2.13. The minimum absolute atomic E-state index is 0.235. The van der Waals surface area contributed by atoms with Gasteiger partial charge in [0.1, 0.15) is 5.82 Å². The van der Waals surface area contributed by atoms with Crippen LogP contribution in [0.25, 0.3) is 0 Å². The van der Waals surface area contributed by atoms with Gasteiger partial charge < -0.3 is 4.57 Å². The van der Waals surface area contributed by atoms with E-state index in [0.29, 0.717) is 6.42 Å². The highest BCUT2D eigenvalue weighted by Gasteiger charge is 2.33. The van der Waals surface area contributed by atoms with Crippen LogP contribution in [0.1, 0.15) is 39.4 Å². The first kappa shape index (κ1) is 14.9. The van der Waals surface area contributed by atoms with Gasteiger partial charge in [0.05, 0.1) is 12.0 Å². The first-order valence-corrected chi connectivity index (χ1v) is 6.66. The van der Waals surface area contributed by atoms with Crippen molar-refractivity contribution in [2.24, 2.45) is 0 Å². The summed E-state index contributed by atoms with van der Waals surface area (Å²) >= 11 is 0. The van der Waals surface area contributed by atoms with Crippen LogP contribution in [0, 0.1) is 0 Å². The summed E-state index contributed by atoms with van der Waals surface area (Å²) in [6, 6.07) is 0. The van der Waals surface area contributed by atoms with Crippen molar-refractivity contribution in [2.45, 2.75) is 52.1 Å². The van der Waals surface area contributed by atoms with Crippen LogP contribution in [0.3, 0.4) is 0 Å². The van der Waals surface area contributed by atoms with Gasteiger partial charge >= 0.3 is 0 Å². The van der Waals surface area contributed by atoms with E-state index in [1.165, 1.54) is 0 Å². The molecule has 0 aromatic carbocycles. The van der Waals surface area contributed by atoms with E-state index in [-0.39, 0.29) is 5.78 Å². The molecule has 0 aliphatic heterocycles. The van der Waals surface area contributed by atoms with E-state index in [0.717, 1.165) is 25.2 Å². The van der Waals surface area contributed by atoms with Crippen molar-refractivity contribution in [3.8, 4) is 0 Å². The lowest BCUT2D eigenvalue weighted by Crippen LogP contribution is -2.49. The predicted molar refractivity (Wildman–Crippen MR) is 73.6 cm³/mol. The molecular weight excluding hydrogens is 226 g/mol. The fourth-order valence-electron chi connectivity index (χ4n) is 2.05. The van der Waals surface area contributed by atoms with Crippen molar-refractivity contribution in [3.05, 3.63) is 18.2 Å². The molecule has 0 fully saturated rings. The summed E-state index contributed by atoms with van der Waals surface area (Å²) in [4.78, 5) is 18.8. The van der Waals surface area contributed by atoms with Crippen LogP contribution in [0.4, 0.5) is 0 Å². The molecule has 1 atom stereocenters. The number of hydrogen-bond acceptors (Lipinski definition) is 3. The van der Waals surface area contributed by atoms with Crippen LogP contribution in [-0.4, -0.2) is 39.9 Å². The number of hydrogen-bond donors (Lipinski definition) is 0. The first-order chi connectivity index (χ1) is 8.45. The molecule has 18 heavy (non-hydrogen) atoms. The van der Waals surface area contributed by atoms with Gasteiger partial charge in [0, 0.05) is 18.9 Å². The fraction of sp³-hybridized carbons (Fsp3) is 0.714. The Balaban J connectivity index is 2.83. The molecule has 4 heteroatoms. The van der Waals surface area contributed by atoms with Crippen LogP contribution < -0.4 is 0 Å². The molecule has 1 aromatic heterocycles. The quantitative estimate of drug-likeness (QED) is 0.745. The van der Waals surface area contributed by atoms with Crippen LogP contribution in [0.2, 0.25) is 0 Å². The second-order valence-corrected chi connectivity index (χ2v) is 5.16. The van der Waals surface area contributed by atoms with Crippen LogP contribution in [0.5, 0.6) is 0 Å². The van der Waals surface area contributed by atoms with Gasteiger partial charge in [-0.05, 0) is 33.9 Å². The average Bonchev–Trinajstić information content (AvgIpc) is 2.75. The zero-order valence-corrected chi connectivity index (χ0v) is 12.2. The number of aromatic nitrogens is 2. The monoisotopic (exact) mass is 251 g/mol. The van der Waals surface area contributed by atoms with E-state index in [4.69, 9.17) is 0 Å². The van der Waals surface area contributed by atoms with Gasteiger partial charge in [-0.2, -0.15) is 0 Å². The smallest absolute Gasteiger partial charge is 0.160 e. The number of imidazole rings is 1. The Morgan fingerprint density at radius 1 is 1.44 bits per heavy atom. The van der Waals surface area contributed by atoms with Gasteiger partial charge in [0.15, 0.2) is 5.78 Å². The van der Waals surface area contributed by atoms with Crippen molar-refractivity contribution in [3.63, 3.8) is 0 Å². The summed E-state index contributed by atoms with van der Waals surface area (Å²) in [6.07, 6.45) is 6.00. The number of likely N-dealkylation sites (N-methyl/N-ethyl adjacent to an activating group) is 1. The number of ketones is 1. The van der Waals surface area contributed by atoms with Crippen molar-refractivity contribution in [1.29, 1.82) is 0 Å². The highest BCUT2D eigenvalue weighted by Crippen LogP contribution is 2.19. The molecule has 1 heterocycles. The number of carbonyl (C=O) groups excluding carboxylic acids is 1. The zero-order chi connectivity index (χ0) is 13.8. The maximum Gasteiger partial charge on any atom is 0.160 e. The molecule has 0 aliphatic rings. The lowest BCUT2D eigenvalue weighted by molar-refractivity contribution is -0.128. The number of Topliss-reactive ketones (excluding diaryl/α,β-unsaturated/α-hetero) is 1. The Hall–Kier alpha value is -1.16. The molecule has 0 bridgehead atoms. The molecule has 0 amide bonds. The maximum absolute atomic E-state index is 12.5. The topological polar surface area (TPSA) is 38.1 Å².